The Balaban J connectivity index is 1.37. The standard InChI is InChI=1S/C19H14ClN7S/c20-15-3-1-13(2-4-15)10-26-11-16(9-21-26)22-17-5-6-18-23-24-19(27(18)25-17)14-7-8-28-12-14/h1-9,11-12H,10H2,(H,22,25). The Hall–Kier alpha value is -3.23. The minimum absolute atomic E-state index is 0.666. The van der Waals surface area contributed by atoms with E-state index in [9.17, 15) is 0 Å². The second-order valence-electron chi connectivity index (χ2n) is 6.20. The van der Waals surface area contributed by atoms with Crippen molar-refractivity contribution in [3.63, 3.8) is 0 Å². The second kappa shape index (κ2) is 7.06. The minimum atomic E-state index is 0.666. The van der Waals surface area contributed by atoms with Gasteiger partial charge < -0.3 is 5.32 Å². The van der Waals surface area contributed by atoms with Crippen LogP contribution in [-0.4, -0.2) is 29.6 Å². The molecule has 0 unspecified atom stereocenters. The zero-order valence-electron chi connectivity index (χ0n) is 14.5. The lowest BCUT2D eigenvalue weighted by molar-refractivity contribution is 0.687. The maximum Gasteiger partial charge on any atom is 0.186 e. The molecule has 4 heterocycles. The van der Waals surface area contributed by atoms with Crippen molar-refractivity contribution in [3.8, 4) is 11.4 Å². The van der Waals surface area contributed by atoms with Gasteiger partial charge in [-0.3, -0.25) is 4.68 Å². The van der Waals surface area contributed by atoms with Gasteiger partial charge in [-0.2, -0.15) is 21.0 Å². The van der Waals surface area contributed by atoms with Crippen molar-refractivity contribution < 1.29 is 0 Å². The summed E-state index contributed by atoms with van der Waals surface area (Å²) in [5.74, 6) is 1.41. The molecule has 0 bridgehead atoms. The molecule has 138 valence electrons. The highest BCUT2D eigenvalue weighted by Gasteiger charge is 2.11. The molecule has 0 aliphatic rings. The summed E-state index contributed by atoms with van der Waals surface area (Å²) in [6.45, 7) is 0.666. The number of anilines is 2. The van der Waals surface area contributed by atoms with Crippen LogP contribution in [-0.2, 0) is 6.54 Å². The second-order valence-corrected chi connectivity index (χ2v) is 7.42. The molecule has 0 saturated heterocycles. The van der Waals surface area contributed by atoms with Gasteiger partial charge in [0.15, 0.2) is 17.3 Å². The van der Waals surface area contributed by atoms with E-state index >= 15 is 0 Å². The average molecular weight is 408 g/mol. The number of rotatable bonds is 5. The van der Waals surface area contributed by atoms with Crippen molar-refractivity contribution in [2.45, 2.75) is 6.54 Å². The molecule has 28 heavy (non-hydrogen) atoms. The van der Waals surface area contributed by atoms with E-state index in [2.05, 4.69) is 25.7 Å². The highest BCUT2D eigenvalue weighted by Crippen LogP contribution is 2.22. The molecule has 1 aromatic carbocycles. The Morgan fingerprint density at radius 2 is 1.93 bits per heavy atom. The topological polar surface area (TPSA) is 72.9 Å². The van der Waals surface area contributed by atoms with Crippen LogP contribution >= 0.6 is 22.9 Å². The van der Waals surface area contributed by atoms with E-state index in [-0.39, 0.29) is 0 Å². The fraction of sp³-hybridized carbons (Fsp3) is 0.0526. The van der Waals surface area contributed by atoms with E-state index in [0.29, 0.717) is 18.0 Å². The van der Waals surface area contributed by atoms with E-state index in [1.807, 2.05) is 64.1 Å². The molecule has 1 N–H and O–H groups in total. The lowest BCUT2D eigenvalue weighted by Crippen LogP contribution is -2.01. The molecular weight excluding hydrogens is 394 g/mol. The molecule has 0 amide bonds. The summed E-state index contributed by atoms with van der Waals surface area (Å²) in [5.41, 5.74) is 3.68. The van der Waals surface area contributed by atoms with Gasteiger partial charge in [0.1, 0.15) is 0 Å². The van der Waals surface area contributed by atoms with E-state index in [4.69, 9.17) is 11.6 Å². The molecule has 0 spiro atoms. The summed E-state index contributed by atoms with van der Waals surface area (Å²) in [5, 5.41) is 25.5. The van der Waals surface area contributed by atoms with Crippen LogP contribution in [0.1, 0.15) is 5.56 Å². The first-order valence-corrected chi connectivity index (χ1v) is 9.86. The zero-order chi connectivity index (χ0) is 18.9. The third kappa shape index (κ3) is 3.35. The molecule has 0 aliphatic carbocycles. The number of benzene rings is 1. The first-order valence-electron chi connectivity index (χ1n) is 8.53. The third-order valence-corrected chi connectivity index (χ3v) is 5.14. The number of nitrogens with zero attached hydrogens (tertiary/aromatic N) is 6. The Morgan fingerprint density at radius 1 is 1.04 bits per heavy atom. The van der Waals surface area contributed by atoms with Crippen molar-refractivity contribution in [2.75, 3.05) is 5.32 Å². The number of fused-ring (bicyclic) bond motifs is 1. The van der Waals surface area contributed by atoms with Gasteiger partial charge in [0.05, 0.1) is 18.4 Å². The predicted octanol–water partition coefficient (Wildman–Crippen LogP) is 4.49. The highest BCUT2D eigenvalue weighted by atomic mass is 35.5. The normalized spacial score (nSPS) is 11.2. The number of thiophene rings is 1. The number of halogens is 1. The van der Waals surface area contributed by atoms with Crippen LogP contribution in [0.2, 0.25) is 5.02 Å². The van der Waals surface area contributed by atoms with Gasteiger partial charge in [-0.1, -0.05) is 23.7 Å². The molecule has 0 fully saturated rings. The van der Waals surface area contributed by atoms with Crippen LogP contribution in [0.15, 0.2) is 65.6 Å². The van der Waals surface area contributed by atoms with Gasteiger partial charge in [-0.15, -0.1) is 15.3 Å². The number of aromatic nitrogens is 6. The van der Waals surface area contributed by atoms with Crippen molar-refractivity contribution >= 4 is 40.1 Å². The van der Waals surface area contributed by atoms with Gasteiger partial charge >= 0.3 is 0 Å². The minimum Gasteiger partial charge on any atom is -0.336 e. The summed E-state index contributed by atoms with van der Waals surface area (Å²) in [6.07, 6.45) is 3.71. The molecular formula is C19H14ClN7S. The van der Waals surface area contributed by atoms with Gasteiger partial charge in [0, 0.05) is 22.2 Å². The van der Waals surface area contributed by atoms with Gasteiger partial charge in [0.2, 0.25) is 0 Å². The van der Waals surface area contributed by atoms with Crippen LogP contribution in [0, 0.1) is 0 Å². The van der Waals surface area contributed by atoms with Gasteiger partial charge in [-0.05, 0) is 41.3 Å². The van der Waals surface area contributed by atoms with Gasteiger partial charge in [-0.25, -0.2) is 0 Å². The number of hydrogen-bond donors (Lipinski definition) is 1. The third-order valence-electron chi connectivity index (χ3n) is 4.21. The molecule has 0 radical (unpaired) electrons. The SMILES string of the molecule is Clc1ccc(Cn2cc(Nc3ccc4nnc(-c5ccsc5)n4n3)cn2)cc1. The van der Waals surface area contributed by atoms with Gasteiger partial charge in [0.25, 0.3) is 0 Å². The Morgan fingerprint density at radius 3 is 2.75 bits per heavy atom. The first kappa shape index (κ1) is 16.9. The van der Waals surface area contributed by atoms with Crippen LogP contribution in [0.3, 0.4) is 0 Å². The van der Waals surface area contributed by atoms with Crippen LogP contribution in [0.4, 0.5) is 11.5 Å². The average Bonchev–Trinajstić information content (AvgIpc) is 3.44. The molecule has 7 nitrogen and oxygen atoms in total. The smallest absolute Gasteiger partial charge is 0.186 e. The Kier molecular flexibility index (Phi) is 4.27. The van der Waals surface area contributed by atoms with Crippen LogP contribution < -0.4 is 5.32 Å². The summed E-state index contributed by atoms with van der Waals surface area (Å²) >= 11 is 7.55. The lowest BCUT2D eigenvalue weighted by atomic mass is 10.2. The first-order chi connectivity index (χ1) is 13.7. The van der Waals surface area contributed by atoms with E-state index in [0.717, 1.165) is 27.7 Å². The maximum atomic E-state index is 5.94. The largest absolute Gasteiger partial charge is 0.336 e. The van der Waals surface area contributed by atoms with Crippen LogP contribution in [0.25, 0.3) is 17.0 Å². The summed E-state index contributed by atoms with van der Waals surface area (Å²) in [4.78, 5) is 0. The van der Waals surface area contributed by atoms with Crippen molar-refractivity contribution in [1.29, 1.82) is 0 Å². The Bertz CT molecular complexity index is 1230. The monoisotopic (exact) mass is 407 g/mol. The summed E-state index contributed by atoms with van der Waals surface area (Å²) < 4.78 is 3.60. The molecule has 0 atom stereocenters. The van der Waals surface area contributed by atoms with Crippen molar-refractivity contribution in [1.82, 2.24) is 29.6 Å². The molecule has 0 aliphatic heterocycles. The molecule has 5 aromatic rings. The molecule has 9 heteroatoms. The lowest BCUT2D eigenvalue weighted by Gasteiger charge is -2.04. The molecule has 5 rings (SSSR count). The number of hydrogen-bond acceptors (Lipinski definition) is 6. The summed E-state index contributed by atoms with van der Waals surface area (Å²) in [7, 11) is 0. The van der Waals surface area contributed by atoms with E-state index < -0.39 is 0 Å². The fourth-order valence-corrected chi connectivity index (χ4v) is 3.63. The van der Waals surface area contributed by atoms with Crippen LogP contribution in [0.5, 0.6) is 0 Å². The quantitative estimate of drug-likeness (QED) is 0.464. The zero-order valence-corrected chi connectivity index (χ0v) is 16.1. The van der Waals surface area contributed by atoms with Crippen molar-refractivity contribution in [3.05, 3.63) is 76.2 Å². The Labute approximate surface area is 169 Å². The van der Waals surface area contributed by atoms with E-state index in [1.165, 1.54) is 0 Å². The highest BCUT2D eigenvalue weighted by molar-refractivity contribution is 7.08. The maximum absolute atomic E-state index is 5.94. The fourth-order valence-electron chi connectivity index (χ4n) is 2.87. The van der Waals surface area contributed by atoms with E-state index in [1.54, 1.807) is 22.0 Å². The molecule has 0 saturated carbocycles. The summed E-state index contributed by atoms with van der Waals surface area (Å²) in [6, 6.07) is 13.5. The number of nitrogens with one attached hydrogen (secondary N) is 1. The predicted molar refractivity (Wildman–Crippen MR) is 110 cm³/mol. The molecule has 4 aromatic heterocycles. The van der Waals surface area contributed by atoms with Crippen molar-refractivity contribution in [2.24, 2.45) is 0 Å².